The molecule has 0 radical (unpaired) electrons. The average molecular weight is 299 g/mol. The monoisotopic (exact) mass is 299 g/mol. The van der Waals surface area contributed by atoms with Gasteiger partial charge in [-0.15, -0.1) is 11.8 Å². The first-order valence-corrected chi connectivity index (χ1v) is 7.15. The lowest BCUT2D eigenvalue weighted by Crippen LogP contribution is -2.33. The van der Waals surface area contributed by atoms with Crippen LogP contribution in [0.4, 0.5) is 0 Å². The summed E-state index contributed by atoms with van der Waals surface area (Å²) in [7, 11) is 4.79. The van der Waals surface area contributed by atoms with Gasteiger partial charge in [0.1, 0.15) is 0 Å². The smallest absolute Gasteiger partial charge is 0.233 e. The van der Waals surface area contributed by atoms with Gasteiger partial charge >= 0.3 is 0 Å². The third-order valence-electron chi connectivity index (χ3n) is 2.64. The number of amides is 1. The number of carbonyl (C=O) groups is 1. The first-order valence-electron chi connectivity index (χ1n) is 6.27. The molecule has 0 aliphatic rings. The summed E-state index contributed by atoms with van der Waals surface area (Å²) in [5.74, 6) is 1.32. The normalized spacial score (nSPS) is 11.8. The molecule has 1 aromatic carbocycles. The molecule has 1 atom stereocenters. The number of benzene rings is 1. The summed E-state index contributed by atoms with van der Waals surface area (Å²) in [6, 6.07) is 5.60. The van der Waals surface area contributed by atoms with Crippen LogP contribution in [0.3, 0.4) is 0 Å². The molecule has 0 unspecified atom stereocenters. The maximum atomic E-state index is 11.9. The number of thioether (sulfide) groups is 1. The lowest BCUT2D eigenvalue weighted by molar-refractivity contribution is -0.120. The van der Waals surface area contributed by atoms with Crippen LogP contribution in [0.2, 0.25) is 0 Å². The topological polar surface area (TPSA) is 56.8 Å². The number of hydrogen-bond donors (Lipinski definition) is 1. The van der Waals surface area contributed by atoms with E-state index in [1.807, 2.05) is 25.1 Å². The molecule has 1 aromatic rings. The molecule has 0 bridgehead atoms. The molecule has 6 heteroatoms. The third kappa shape index (κ3) is 4.94. The Morgan fingerprint density at radius 1 is 1.25 bits per heavy atom. The van der Waals surface area contributed by atoms with Crippen molar-refractivity contribution >= 4 is 17.7 Å². The third-order valence-corrected chi connectivity index (χ3v) is 3.74. The van der Waals surface area contributed by atoms with E-state index in [9.17, 15) is 4.79 Å². The summed E-state index contributed by atoms with van der Waals surface area (Å²) in [4.78, 5) is 12.8. The zero-order valence-corrected chi connectivity index (χ0v) is 13.1. The first-order chi connectivity index (χ1) is 9.62. The second-order valence-corrected chi connectivity index (χ2v) is 5.47. The summed E-state index contributed by atoms with van der Waals surface area (Å²) < 4.78 is 15.3. The van der Waals surface area contributed by atoms with Gasteiger partial charge in [0.15, 0.2) is 11.5 Å². The van der Waals surface area contributed by atoms with Crippen LogP contribution in [-0.4, -0.2) is 45.6 Å². The van der Waals surface area contributed by atoms with Crippen molar-refractivity contribution in [2.24, 2.45) is 0 Å². The van der Waals surface area contributed by atoms with Gasteiger partial charge in [-0.05, 0) is 25.1 Å². The number of carbonyl (C=O) groups excluding carboxylic acids is 1. The highest BCUT2D eigenvalue weighted by atomic mass is 32.2. The van der Waals surface area contributed by atoms with E-state index in [-0.39, 0.29) is 11.2 Å². The largest absolute Gasteiger partial charge is 0.493 e. The van der Waals surface area contributed by atoms with Crippen molar-refractivity contribution in [1.82, 2.24) is 5.32 Å². The van der Waals surface area contributed by atoms with Crippen molar-refractivity contribution in [1.29, 1.82) is 0 Å². The minimum Gasteiger partial charge on any atom is -0.493 e. The molecule has 1 N–H and O–H groups in total. The Hall–Kier alpha value is -1.40. The van der Waals surface area contributed by atoms with Crippen molar-refractivity contribution in [3.8, 4) is 11.5 Å². The summed E-state index contributed by atoms with van der Waals surface area (Å²) >= 11 is 1.47. The number of ether oxygens (including phenoxy) is 3. The van der Waals surface area contributed by atoms with E-state index in [0.29, 0.717) is 24.7 Å². The van der Waals surface area contributed by atoms with Gasteiger partial charge < -0.3 is 19.5 Å². The van der Waals surface area contributed by atoms with Gasteiger partial charge in [-0.25, -0.2) is 0 Å². The van der Waals surface area contributed by atoms with E-state index in [4.69, 9.17) is 14.2 Å². The quantitative estimate of drug-likeness (QED) is 0.587. The fourth-order valence-corrected chi connectivity index (χ4v) is 2.49. The molecule has 0 aliphatic heterocycles. The van der Waals surface area contributed by atoms with E-state index in [0.717, 1.165) is 4.90 Å². The van der Waals surface area contributed by atoms with Crippen LogP contribution in [0.5, 0.6) is 11.5 Å². The predicted molar refractivity (Wildman–Crippen MR) is 79.8 cm³/mol. The molecular formula is C14H21NO4S. The van der Waals surface area contributed by atoms with Gasteiger partial charge in [-0.2, -0.15) is 0 Å². The highest BCUT2D eigenvalue weighted by molar-refractivity contribution is 8.00. The maximum absolute atomic E-state index is 11.9. The molecule has 0 heterocycles. The van der Waals surface area contributed by atoms with Gasteiger partial charge in [-0.3, -0.25) is 4.79 Å². The Morgan fingerprint density at radius 3 is 2.55 bits per heavy atom. The van der Waals surface area contributed by atoms with E-state index in [1.54, 1.807) is 21.3 Å². The van der Waals surface area contributed by atoms with Crippen molar-refractivity contribution in [3.05, 3.63) is 18.2 Å². The Bertz CT molecular complexity index is 439. The molecule has 5 nitrogen and oxygen atoms in total. The summed E-state index contributed by atoms with van der Waals surface area (Å²) in [5.41, 5.74) is 0. The standard InChI is InChI=1S/C14H21NO4S/c1-10(14(16)15-7-8-17-2)20-11-5-6-12(18-3)13(9-11)19-4/h5-6,9-10H,7-8H2,1-4H3,(H,15,16)/t10-/m1/s1. The Kier molecular flexibility index (Phi) is 7.25. The first kappa shape index (κ1) is 16.7. The van der Waals surface area contributed by atoms with Gasteiger partial charge in [0.25, 0.3) is 0 Å². The summed E-state index contributed by atoms with van der Waals surface area (Å²) in [6.07, 6.45) is 0. The zero-order valence-electron chi connectivity index (χ0n) is 12.3. The van der Waals surface area contributed by atoms with E-state index in [1.165, 1.54) is 11.8 Å². The van der Waals surface area contributed by atoms with Crippen LogP contribution in [-0.2, 0) is 9.53 Å². The summed E-state index contributed by atoms with van der Waals surface area (Å²) in [6.45, 7) is 2.90. The second kappa shape index (κ2) is 8.71. The van der Waals surface area contributed by atoms with Crippen molar-refractivity contribution < 1.29 is 19.0 Å². The lowest BCUT2D eigenvalue weighted by Gasteiger charge is -2.13. The number of hydrogen-bond acceptors (Lipinski definition) is 5. The molecule has 1 amide bonds. The van der Waals surface area contributed by atoms with Crippen LogP contribution in [0.15, 0.2) is 23.1 Å². The minimum atomic E-state index is -0.190. The number of rotatable bonds is 8. The molecule has 20 heavy (non-hydrogen) atoms. The van der Waals surface area contributed by atoms with Crippen LogP contribution >= 0.6 is 11.8 Å². The number of methoxy groups -OCH3 is 3. The van der Waals surface area contributed by atoms with E-state index >= 15 is 0 Å². The van der Waals surface area contributed by atoms with Crippen molar-refractivity contribution in [2.75, 3.05) is 34.5 Å². The van der Waals surface area contributed by atoms with Crippen molar-refractivity contribution in [2.45, 2.75) is 17.1 Å². The highest BCUT2D eigenvalue weighted by Gasteiger charge is 2.15. The van der Waals surface area contributed by atoms with Crippen LogP contribution in [0.1, 0.15) is 6.92 Å². The molecule has 0 aliphatic carbocycles. The highest BCUT2D eigenvalue weighted by Crippen LogP contribution is 2.33. The van der Waals surface area contributed by atoms with Crippen LogP contribution < -0.4 is 14.8 Å². The molecule has 0 aromatic heterocycles. The molecular weight excluding hydrogens is 278 g/mol. The number of nitrogens with one attached hydrogen (secondary N) is 1. The van der Waals surface area contributed by atoms with Gasteiger partial charge in [0.05, 0.1) is 26.1 Å². The van der Waals surface area contributed by atoms with Crippen LogP contribution in [0.25, 0.3) is 0 Å². The molecule has 0 spiro atoms. The van der Waals surface area contributed by atoms with Gasteiger partial charge in [0.2, 0.25) is 5.91 Å². The predicted octanol–water partition coefficient (Wildman–Crippen LogP) is 1.95. The Morgan fingerprint density at radius 2 is 1.95 bits per heavy atom. The lowest BCUT2D eigenvalue weighted by atomic mass is 10.3. The van der Waals surface area contributed by atoms with Gasteiger partial charge in [-0.1, -0.05) is 0 Å². The Labute approximate surface area is 124 Å². The SMILES string of the molecule is COCCNC(=O)[C@@H](C)Sc1ccc(OC)c(OC)c1. The van der Waals surface area contributed by atoms with Crippen molar-refractivity contribution in [3.63, 3.8) is 0 Å². The zero-order chi connectivity index (χ0) is 15.0. The van der Waals surface area contributed by atoms with E-state index in [2.05, 4.69) is 5.32 Å². The molecule has 0 saturated heterocycles. The molecule has 1 rings (SSSR count). The maximum Gasteiger partial charge on any atom is 0.233 e. The fourth-order valence-electron chi connectivity index (χ4n) is 1.57. The summed E-state index contributed by atoms with van der Waals surface area (Å²) in [5, 5.41) is 2.62. The van der Waals surface area contributed by atoms with Crippen LogP contribution in [0, 0.1) is 0 Å². The Balaban J connectivity index is 2.61. The molecule has 112 valence electrons. The fraction of sp³-hybridized carbons (Fsp3) is 0.500. The van der Waals surface area contributed by atoms with Gasteiger partial charge in [0, 0.05) is 18.6 Å². The minimum absolute atomic E-state index is 0.0122. The van der Waals surface area contributed by atoms with E-state index < -0.39 is 0 Å². The molecule has 0 fully saturated rings. The second-order valence-electron chi connectivity index (χ2n) is 4.06. The molecule has 0 saturated carbocycles. The average Bonchev–Trinajstić information content (AvgIpc) is 2.47.